The van der Waals surface area contributed by atoms with Crippen molar-refractivity contribution in [3.63, 3.8) is 0 Å². The van der Waals surface area contributed by atoms with E-state index in [0.29, 0.717) is 31.1 Å². The van der Waals surface area contributed by atoms with Gasteiger partial charge in [-0.25, -0.2) is 9.67 Å². The molecule has 2 aliphatic rings. The molecule has 0 spiro atoms. The Morgan fingerprint density at radius 1 is 1.12 bits per heavy atom. The SMILES string of the molecule is COc1ccc(-n2nc(-c3cnn([C@@H](C)C4CCN(C)CC4)c3)c3c2CCOCC3)cn1. The number of piperidine rings is 1. The molecule has 8 heteroatoms. The first-order valence-electron chi connectivity index (χ1n) is 11.6. The normalized spacial score (nSPS) is 18.8. The Hall–Kier alpha value is -2.71. The van der Waals surface area contributed by atoms with Crippen molar-refractivity contribution in [1.82, 2.24) is 29.4 Å². The lowest BCUT2D eigenvalue weighted by Gasteiger charge is -2.32. The second kappa shape index (κ2) is 9.03. The van der Waals surface area contributed by atoms with Crippen molar-refractivity contribution in [2.45, 2.75) is 38.6 Å². The third-order valence-electron chi connectivity index (χ3n) is 6.98. The zero-order valence-corrected chi connectivity index (χ0v) is 19.2. The molecule has 170 valence electrons. The highest BCUT2D eigenvalue weighted by Gasteiger charge is 2.26. The Labute approximate surface area is 189 Å². The van der Waals surface area contributed by atoms with Crippen LogP contribution < -0.4 is 4.74 Å². The van der Waals surface area contributed by atoms with Crippen LogP contribution in [0, 0.1) is 5.92 Å². The summed E-state index contributed by atoms with van der Waals surface area (Å²) in [6, 6.07) is 4.25. The number of nitrogens with zero attached hydrogens (tertiary/aromatic N) is 6. The van der Waals surface area contributed by atoms with Gasteiger partial charge in [-0.1, -0.05) is 0 Å². The summed E-state index contributed by atoms with van der Waals surface area (Å²) in [7, 11) is 3.83. The van der Waals surface area contributed by atoms with Crippen molar-refractivity contribution >= 4 is 0 Å². The lowest BCUT2D eigenvalue weighted by atomic mass is 9.90. The fourth-order valence-electron chi connectivity index (χ4n) is 4.92. The van der Waals surface area contributed by atoms with Crippen LogP contribution in [0.3, 0.4) is 0 Å². The van der Waals surface area contributed by atoms with E-state index in [2.05, 4.69) is 34.7 Å². The molecule has 5 heterocycles. The highest BCUT2D eigenvalue weighted by atomic mass is 16.5. The van der Waals surface area contributed by atoms with Gasteiger partial charge in [0.1, 0.15) is 0 Å². The number of likely N-dealkylation sites (tertiary alicyclic amines) is 1. The summed E-state index contributed by atoms with van der Waals surface area (Å²) in [5.74, 6) is 1.26. The number of hydrogen-bond donors (Lipinski definition) is 0. The van der Waals surface area contributed by atoms with Gasteiger partial charge in [-0.05, 0) is 58.3 Å². The second-order valence-electron chi connectivity index (χ2n) is 8.95. The Kier molecular flexibility index (Phi) is 5.97. The third kappa shape index (κ3) is 4.04. The van der Waals surface area contributed by atoms with Gasteiger partial charge in [0.05, 0.1) is 55.8 Å². The zero-order chi connectivity index (χ0) is 22.1. The van der Waals surface area contributed by atoms with E-state index < -0.39 is 0 Å². The highest BCUT2D eigenvalue weighted by Crippen LogP contribution is 2.32. The van der Waals surface area contributed by atoms with Gasteiger partial charge in [0.25, 0.3) is 0 Å². The number of fused-ring (bicyclic) bond motifs is 1. The topological polar surface area (TPSA) is 70.2 Å². The first-order valence-corrected chi connectivity index (χ1v) is 11.6. The summed E-state index contributed by atoms with van der Waals surface area (Å²) in [6.07, 6.45) is 10.1. The largest absolute Gasteiger partial charge is 0.481 e. The van der Waals surface area contributed by atoms with Gasteiger partial charge >= 0.3 is 0 Å². The molecule has 1 atom stereocenters. The molecule has 3 aromatic rings. The van der Waals surface area contributed by atoms with Crippen LogP contribution in [0.25, 0.3) is 16.9 Å². The first-order chi connectivity index (χ1) is 15.6. The summed E-state index contributed by atoms with van der Waals surface area (Å²) in [5.41, 5.74) is 5.46. The molecule has 32 heavy (non-hydrogen) atoms. The number of hydrogen-bond acceptors (Lipinski definition) is 6. The van der Waals surface area contributed by atoms with E-state index in [-0.39, 0.29) is 0 Å². The summed E-state index contributed by atoms with van der Waals surface area (Å²) in [5, 5.41) is 9.80. The van der Waals surface area contributed by atoms with E-state index in [1.54, 1.807) is 7.11 Å². The Morgan fingerprint density at radius 3 is 2.69 bits per heavy atom. The molecule has 1 saturated heterocycles. The van der Waals surface area contributed by atoms with Gasteiger partial charge in [0, 0.05) is 29.8 Å². The van der Waals surface area contributed by atoms with E-state index in [9.17, 15) is 0 Å². The van der Waals surface area contributed by atoms with Gasteiger partial charge in [-0.3, -0.25) is 4.68 Å². The van der Waals surface area contributed by atoms with E-state index in [4.69, 9.17) is 19.7 Å². The van der Waals surface area contributed by atoms with Crippen LogP contribution in [0.1, 0.15) is 37.1 Å². The van der Waals surface area contributed by atoms with Gasteiger partial charge in [-0.2, -0.15) is 10.2 Å². The molecule has 0 radical (unpaired) electrons. The van der Waals surface area contributed by atoms with Crippen LogP contribution in [0.4, 0.5) is 0 Å². The number of rotatable bonds is 5. The average molecular weight is 437 g/mol. The number of ether oxygens (including phenoxy) is 2. The maximum absolute atomic E-state index is 5.78. The Morgan fingerprint density at radius 2 is 1.94 bits per heavy atom. The fraction of sp³-hybridized carbons (Fsp3) is 0.542. The quantitative estimate of drug-likeness (QED) is 0.612. The lowest BCUT2D eigenvalue weighted by molar-refractivity contribution is 0.145. The molecule has 1 fully saturated rings. The van der Waals surface area contributed by atoms with Crippen LogP contribution in [0.5, 0.6) is 5.88 Å². The molecular formula is C24H32N6O2. The van der Waals surface area contributed by atoms with Crippen LogP contribution in [-0.2, 0) is 17.6 Å². The van der Waals surface area contributed by atoms with Crippen molar-refractivity contribution < 1.29 is 9.47 Å². The van der Waals surface area contributed by atoms with E-state index in [0.717, 1.165) is 42.9 Å². The second-order valence-corrected chi connectivity index (χ2v) is 8.95. The summed E-state index contributed by atoms with van der Waals surface area (Å²) in [6.45, 7) is 6.04. The molecule has 3 aromatic heterocycles. The maximum Gasteiger partial charge on any atom is 0.213 e. The van der Waals surface area contributed by atoms with Crippen molar-refractivity contribution in [2.24, 2.45) is 5.92 Å². The van der Waals surface area contributed by atoms with Crippen molar-refractivity contribution in [3.05, 3.63) is 42.0 Å². The highest BCUT2D eigenvalue weighted by molar-refractivity contribution is 5.64. The fourth-order valence-corrected chi connectivity index (χ4v) is 4.92. The van der Waals surface area contributed by atoms with Crippen LogP contribution in [0.15, 0.2) is 30.7 Å². The minimum atomic E-state index is 0.382. The molecule has 2 aliphatic heterocycles. The maximum atomic E-state index is 5.78. The molecular weight excluding hydrogens is 404 g/mol. The first kappa shape index (κ1) is 21.2. The van der Waals surface area contributed by atoms with Crippen molar-refractivity contribution in [2.75, 3.05) is 40.5 Å². The zero-order valence-electron chi connectivity index (χ0n) is 19.2. The minimum absolute atomic E-state index is 0.382. The number of methoxy groups -OCH3 is 1. The molecule has 0 aliphatic carbocycles. The number of aromatic nitrogens is 5. The summed E-state index contributed by atoms with van der Waals surface area (Å²) in [4.78, 5) is 6.79. The van der Waals surface area contributed by atoms with Crippen LogP contribution in [0.2, 0.25) is 0 Å². The molecule has 0 amide bonds. The minimum Gasteiger partial charge on any atom is -0.481 e. The van der Waals surface area contributed by atoms with Gasteiger partial charge in [0.2, 0.25) is 5.88 Å². The van der Waals surface area contributed by atoms with Gasteiger partial charge < -0.3 is 14.4 Å². The standard InChI is InChI=1S/C24H32N6O2/c1-17(18-6-10-28(2)11-7-18)29-16-19(14-26-29)24-21-8-12-32-13-9-22(21)30(27-24)20-4-5-23(31-3)25-15-20/h4-5,14-18H,6-13H2,1-3H3/t17-/m0/s1. The molecule has 0 unspecified atom stereocenters. The Bertz CT molecular complexity index is 1050. The van der Waals surface area contributed by atoms with Gasteiger partial charge in [0.15, 0.2) is 0 Å². The molecule has 0 aromatic carbocycles. The van der Waals surface area contributed by atoms with Crippen LogP contribution >= 0.6 is 0 Å². The molecule has 0 N–H and O–H groups in total. The lowest BCUT2D eigenvalue weighted by Crippen LogP contribution is -2.33. The van der Waals surface area contributed by atoms with Crippen LogP contribution in [-0.4, -0.2) is 69.9 Å². The van der Waals surface area contributed by atoms with E-state index in [1.807, 2.05) is 29.2 Å². The monoisotopic (exact) mass is 436 g/mol. The molecule has 0 saturated carbocycles. The van der Waals surface area contributed by atoms with Gasteiger partial charge in [-0.15, -0.1) is 0 Å². The predicted octanol–water partition coefficient (Wildman–Crippen LogP) is 3.16. The number of pyridine rings is 1. The summed E-state index contributed by atoms with van der Waals surface area (Å²) >= 11 is 0. The smallest absolute Gasteiger partial charge is 0.213 e. The predicted molar refractivity (Wildman–Crippen MR) is 122 cm³/mol. The molecule has 0 bridgehead atoms. The average Bonchev–Trinajstić information content (AvgIpc) is 3.37. The van der Waals surface area contributed by atoms with E-state index in [1.165, 1.54) is 24.1 Å². The van der Waals surface area contributed by atoms with E-state index >= 15 is 0 Å². The summed E-state index contributed by atoms with van der Waals surface area (Å²) < 4.78 is 15.2. The third-order valence-corrected chi connectivity index (χ3v) is 6.98. The molecule has 5 rings (SSSR count). The Balaban J connectivity index is 1.48. The van der Waals surface area contributed by atoms with Crippen molar-refractivity contribution in [1.29, 1.82) is 0 Å². The van der Waals surface area contributed by atoms with Crippen molar-refractivity contribution in [3.8, 4) is 22.8 Å². The molecule has 8 nitrogen and oxygen atoms in total.